The summed E-state index contributed by atoms with van der Waals surface area (Å²) >= 11 is 0. The maximum atomic E-state index is 11.6. The van der Waals surface area contributed by atoms with Crippen LogP contribution in [0.5, 0.6) is 5.75 Å². The van der Waals surface area contributed by atoms with Crippen molar-refractivity contribution in [2.45, 2.75) is 26.3 Å². The maximum Gasteiger partial charge on any atom is 0.241 e. The molecule has 0 spiro atoms. The second-order valence-corrected chi connectivity index (χ2v) is 4.93. The predicted molar refractivity (Wildman–Crippen MR) is 76.9 cm³/mol. The van der Waals surface area contributed by atoms with E-state index in [1.165, 1.54) is 16.6 Å². The second kappa shape index (κ2) is 7.37. The first kappa shape index (κ1) is 15.0. The number of nitrogens with one attached hydrogen (secondary N) is 1. The number of rotatable bonds is 7. The molecule has 7 heteroatoms. The van der Waals surface area contributed by atoms with Crippen LogP contribution >= 0.6 is 0 Å². The minimum absolute atomic E-state index is 0.107. The molecule has 1 aromatic carbocycles. The van der Waals surface area contributed by atoms with Gasteiger partial charge in [-0.15, -0.1) is 5.10 Å². The number of benzene rings is 1. The van der Waals surface area contributed by atoms with Gasteiger partial charge in [0, 0.05) is 0 Å². The average molecular weight is 289 g/mol. The van der Waals surface area contributed by atoms with Crippen molar-refractivity contribution in [3.63, 3.8) is 0 Å². The number of nitrogens with zero attached hydrogens (tertiary/aromatic N) is 4. The van der Waals surface area contributed by atoms with Crippen LogP contribution in [0.1, 0.15) is 25.3 Å². The first-order chi connectivity index (χ1) is 10.1. The Labute approximate surface area is 123 Å². The molecule has 1 heterocycles. The van der Waals surface area contributed by atoms with E-state index in [1.807, 2.05) is 12.1 Å². The monoisotopic (exact) mass is 289 g/mol. The van der Waals surface area contributed by atoms with Crippen molar-refractivity contribution in [3.05, 3.63) is 36.2 Å². The molecule has 0 radical (unpaired) electrons. The lowest BCUT2D eigenvalue weighted by atomic mass is 10.0. The zero-order valence-corrected chi connectivity index (χ0v) is 12.2. The van der Waals surface area contributed by atoms with Gasteiger partial charge in [0.2, 0.25) is 5.91 Å². The van der Waals surface area contributed by atoms with E-state index >= 15 is 0 Å². The number of amides is 1. The fourth-order valence-electron chi connectivity index (χ4n) is 1.76. The summed E-state index contributed by atoms with van der Waals surface area (Å²) in [6.45, 7) is 5.26. The van der Waals surface area contributed by atoms with Crippen LogP contribution in [0.2, 0.25) is 0 Å². The van der Waals surface area contributed by atoms with E-state index in [4.69, 9.17) is 4.74 Å². The van der Waals surface area contributed by atoms with Crippen molar-refractivity contribution in [1.82, 2.24) is 25.5 Å². The lowest BCUT2D eigenvalue weighted by molar-refractivity contribution is -0.121. The highest BCUT2D eigenvalue weighted by molar-refractivity contribution is 5.75. The summed E-state index contributed by atoms with van der Waals surface area (Å²) in [6.07, 6.45) is 1.40. The molecular formula is C14H19N5O2. The largest absolute Gasteiger partial charge is 0.492 e. The van der Waals surface area contributed by atoms with Gasteiger partial charge in [0.05, 0.1) is 6.54 Å². The third-order valence-electron chi connectivity index (χ3n) is 2.94. The van der Waals surface area contributed by atoms with Gasteiger partial charge in [-0.1, -0.05) is 26.0 Å². The summed E-state index contributed by atoms with van der Waals surface area (Å²) in [7, 11) is 0. The Hall–Kier alpha value is -2.44. The molecule has 21 heavy (non-hydrogen) atoms. The molecule has 112 valence electrons. The van der Waals surface area contributed by atoms with Gasteiger partial charge in [-0.3, -0.25) is 4.79 Å². The maximum absolute atomic E-state index is 11.6. The van der Waals surface area contributed by atoms with Gasteiger partial charge in [0.15, 0.2) is 0 Å². The predicted octanol–water partition coefficient (Wildman–Crippen LogP) is 0.992. The van der Waals surface area contributed by atoms with E-state index in [-0.39, 0.29) is 12.5 Å². The summed E-state index contributed by atoms with van der Waals surface area (Å²) in [5, 5.41) is 13.3. The van der Waals surface area contributed by atoms with Gasteiger partial charge in [0.25, 0.3) is 0 Å². The van der Waals surface area contributed by atoms with E-state index in [0.29, 0.717) is 19.1 Å². The number of tetrazole rings is 1. The average Bonchev–Trinajstić information content (AvgIpc) is 2.97. The van der Waals surface area contributed by atoms with E-state index < -0.39 is 0 Å². The van der Waals surface area contributed by atoms with Crippen LogP contribution in [0, 0.1) is 0 Å². The van der Waals surface area contributed by atoms with Gasteiger partial charge in [-0.05, 0) is 34.0 Å². The molecule has 0 saturated carbocycles. The van der Waals surface area contributed by atoms with E-state index in [1.54, 1.807) is 0 Å². The molecular weight excluding hydrogens is 270 g/mol. The van der Waals surface area contributed by atoms with Crippen LogP contribution in [0.4, 0.5) is 0 Å². The zero-order valence-electron chi connectivity index (χ0n) is 12.2. The number of carbonyl (C=O) groups excluding carboxylic acids is 1. The molecule has 0 aliphatic carbocycles. The molecule has 1 amide bonds. The van der Waals surface area contributed by atoms with Crippen molar-refractivity contribution < 1.29 is 9.53 Å². The molecule has 0 aliphatic heterocycles. The Morgan fingerprint density at radius 3 is 2.71 bits per heavy atom. The Balaban J connectivity index is 1.66. The fraction of sp³-hybridized carbons (Fsp3) is 0.429. The van der Waals surface area contributed by atoms with Gasteiger partial charge in [-0.25, -0.2) is 4.68 Å². The highest BCUT2D eigenvalue weighted by Gasteiger charge is 2.03. The molecule has 0 bridgehead atoms. The van der Waals surface area contributed by atoms with E-state index in [2.05, 4.69) is 46.8 Å². The summed E-state index contributed by atoms with van der Waals surface area (Å²) in [6, 6.07) is 7.99. The molecule has 0 fully saturated rings. The van der Waals surface area contributed by atoms with Crippen molar-refractivity contribution in [2.24, 2.45) is 0 Å². The topological polar surface area (TPSA) is 81.9 Å². The lowest BCUT2D eigenvalue weighted by Gasteiger charge is -2.09. The number of ether oxygens (including phenoxy) is 1. The second-order valence-electron chi connectivity index (χ2n) is 4.93. The first-order valence-electron chi connectivity index (χ1n) is 6.85. The molecule has 0 aliphatic rings. The van der Waals surface area contributed by atoms with Crippen LogP contribution < -0.4 is 10.1 Å². The van der Waals surface area contributed by atoms with Crippen molar-refractivity contribution in [1.29, 1.82) is 0 Å². The highest BCUT2D eigenvalue weighted by atomic mass is 16.5. The Bertz CT molecular complexity index is 551. The van der Waals surface area contributed by atoms with Gasteiger partial charge in [-0.2, -0.15) is 0 Å². The van der Waals surface area contributed by atoms with Crippen LogP contribution in [-0.4, -0.2) is 39.3 Å². The minimum atomic E-state index is -0.152. The first-order valence-corrected chi connectivity index (χ1v) is 6.85. The zero-order chi connectivity index (χ0) is 15.1. The molecule has 0 saturated heterocycles. The summed E-state index contributed by atoms with van der Waals surface area (Å²) in [5.41, 5.74) is 1.28. The van der Waals surface area contributed by atoms with Crippen molar-refractivity contribution in [2.75, 3.05) is 13.2 Å². The quantitative estimate of drug-likeness (QED) is 0.769. The lowest BCUT2D eigenvalue weighted by Crippen LogP contribution is -2.31. The standard InChI is InChI=1S/C14H19N5O2/c1-11(2)12-3-5-13(6-4-12)21-8-7-15-14(20)9-19-10-16-17-18-19/h3-6,10-11H,7-9H2,1-2H3,(H,15,20). The van der Waals surface area contributed by atoms with Crippen molar-refractivity contribution >= 4 is 5.91 Å². The molecule has 7 nitrogen and oxygen atoms in total. The Morgan fingerprint density at radius 1 is 1.33 bits per heavy atom. The summed E-state index contributed by atoms with van der Waals surface area (Å²) in [4.78, 5) is 11.6. The minimum Gasteiger partial charge on any atom is -0.492 e. The normalized spacial score (nSPS) is 10.6. The molecule has 0 unspecified atom stereocenters. The molecule has 0 atom stereocenters. The molecule has 2 aromatic rings. The van der Waals surface area contributed by atoms with Gasteiger partial charge < -0.3 is 10.1 Å². The third kappa shape index (κ3) is 4.87. The third-order valence-corrected chi connectivity index (χ3v) is 2.94. The van der Waals surface area contributed by atoms with Crippen LogP contribution in [0.15, 0.2) is 30.6 Å². The Kier molecular flexibility index (Phi) is 5.25. The van der Waals surface area contributed by atoms with Crippen LogP contribution in [0.3, 0.4) is 0 Å². The number of hydrogen-bond acceptors (Lipinski definition) is 5. The highest BCUT2D eigenvalue weighted by Crippen LogP contribution is 2.18. The number of hydrogen-bond donors (Lipinski definition) is 1. The summed E-state index contributed by atoms with van der Waals surface area (Å²) < 4.78 is 6.93. The van der Waals surface area contributed by atoms with Crippen LogP contribution in [-0.2, 0) is 11.3 Å². The van der Waals surface area contributed by atoms with Crippen LogP contribution in [0.25, 0.3) is 0 Å². The Morgan fingerprint density at radius 2 is 2.10 bits per heavy atom. The number of aromatic nitrogens is 4. The van der Waals surface area contributed by atoms with Gasteiger partial charge >= 0.3 is 0 Å². The SMILES string of the molecule is CC(C)c1ccc(OCCNC(=O)Cn2cnnn2)cc1. The van der Waals surface area contributed by atoms with Gasteiger partial charge in [0.1, 0.15) is 25.2 Å². The number of carbonyl (C=O) groups is 1. The van der Waals surface area contributed by atoms with E-state index in [9.17, 15) is 4.79 Å². The molecule has 2 rings (SSSR count). The molecule has 1 N–H and O–H groups in total. The van der Waals surface area contributed by atoms with E-state index in [0.717, 1.165) is 5.75 Å². The van der Waals surface area contributed by atoms with Crippen molar-refractivity contribution in [3.8, 4) is 5.75 Å². The molecule has 1 aromatic heterocycles. The fourth-order valence-corrected chi connectivity index (χ4v) is 1.76. The summed E-state index contributed by atoms with van der Waals surface area (Å²) in [5.74, 6) is 1.15. The smallest absolute Gasteiger partial charge is 0.241 e.